The molecule has 2 aromatic carbocycles. The molecule has 3 N–H and O–H groups in total. The van der Waals surface area contributed by atoms with E-state index >= 15 is 0 Å². The van der Waals surface area contributed by atoms with E-state index in [0.717, 1.165) is 0 Å². The second-order valence-electron chi connectivity index (χ2n) is 4.61. The number of hydrazine groups is 1. The van der Waals surface area contributed by atoms with Crippen LogP contribution in [0.2, 0.25) is 0 Å². The van der Waals surface area contributed by atoms with Gasteiger partial charge in [-0.2, -0.15) is 0 Å². The molecule has 0 bridgehead atoms. The van der Waals surface area contributed by atoms with E-state index in [-0.39, 0.29) is 5.58 Å². The molecule has 0 saturated carbocycles. The van der Waals surface area contributed by atoms with Crippen LogP contribution in [0.5, 0.6) is 0 Å². The number of hydrogen-bond donors (Lipinski definition) is 2. The average molecular weight is 353 g/mol. The molecule has 1 heterocycles. The Bertz CT molecular complexity index is 783. The zero-order chi connectivity index (χ0) is 15.0. The molecule has 3 aromatic rings. The fourth-order valence-corrected chi connectivity index (χ4v) is 2.76. The van der Waals surface area contributed by atoms with Crippen LogP contribution in [0.4, 0.5) is 8.78 Å². The van der Waals surface area contributed by atoms with Gasteiger partial charge in [0, 0.05) is 9.86 Å². The summed E-state index contributed by atoms with van der Waals surface area (Å²) in [5.41, 5.74) is 3.29. The molecule has 108 valence electrons. The SMILES string of the molecule is NNC(c1cc(F)cc(Br)c1)c1cc2cccc(F)c2o1. The van der Waals surface area contributed by atoms with Gasteiger partial charge in [-0.05, 0) is 35.9 Å². The van der Waals surface area contributed by atoms with E-state index in [2.05, 4.69) is 21.4 Å². The van der Waals surface area contributed by atoms with Crippen LogP contribution in [-0.2, 0) is 0 Å². The summed E-state index contributed by atoms with van der Waals surface area (Å²) in [6.45, 7) is 0. The molecule has 0 saturated heterocycles. The van der Waals surface area contributed by atoms with Gasteiger partial charge in [-0.3, -0.25) is 5.84 Å². The number of fused-ring (bicyclic) bond motifs is 1. The molecule has 6 heteroatoms. The molecule has 0 amide bonds. The lowest BCUT2D eigenvalue weighted by molar-refractivity contribution is 0.463. The van der Waals surface area contributed by atoms with E-state index in [0.29, 0.717) is 21.2 Å². The van der Waals surface area contributed by atoms with Crippen molar-refractivity contribution in [2.24, 2.45) is 5.84 Å². The van der Waals surface area contributed by atoms with Gasteiger partial charge in [-0.15, -0.1) is 0 Å². The summed E-state index contributed by atoms with van der Waals surface area (Å²) in [7, 11) is 0. The smallest absolute Gasteiger partial charge is 0.169 e. The Morgan fingerprint density at radius 3 is 2.62 bits per heavy atom. The summed E-state index contributed by atoms with van der Waals surface area (Å²) in [4.78, 5) is 0. The van der Waals surface area contributed by atoms with Gasteiger partial charge in [0.25, 0.3) is 0 Å². The first kappa shape index (κ1) is 14.2. The number of halogens is 3. The first-order valence-corrected chi connectivity index (χ1v) is 6.98. The van der Waals surface area contributed by atoms with Gasteiger partial charge in [0.2, 0.25) is 0 Å². The van der Waals surface area contributed by atoms with Crippen LogP contribution in [0, 0.1) is 11.6 Å². The van der Waals surface area contributed by atoms with Crippen LogP contribution in [-0.4, -0.2) is 0 Å². The Kier molecular flexibility index (Phi) is 3.75. The Hall–Kier alpha value is -1.76. The molecule has 0 aliphatic rings. The molecule has 1 aromatic heterocycles. The van der Waals surface area contributed by atoms with Crippen molar-refractivity contribution in [3.63, 3.8) is 0 Å². The highest BCUT2D eigenvalue weighted by molar-refractivity contribution is 9.10. The third-order valence-electron chi connectivity index (χ3n) is 3.18. The van der Waals surface area contributed by atoms with Gasteiger partial charge in [0.15, 0.2) is 11.4 Å². The predicted octanol–water partition coefficient (Wildman–Crippen LogP) is 4.03. The highest BCUT2D eigenvalue weighted by atomic mass is 79.9. The second kappa shape index (κ2) is 5.55. The second-order valence-corrected chi connectivity index (χ2v) is 5.53. The van der Waals surface area contributed by atoms with Gasteiger partial charge < -0.3 is 4.42 Å². The third kappa shape index (κ3) is 2.70. The van der Waals surface area contributed by atoms with Crippen molar-refractivity contribution in [3.05, 3.63) is 69.9 Å². The number of benzene rings is 2. The zero-order valence-electron chi connectivity index (χ0n) is 10.7. The molecule has 0 fully saturated rings. The minimum absolute atomic E-state index is 0.156. The van der Waals surface area contributed by atoms with Crippen LogP contribution in [0.25, 0.3) is 11.0 Å². The Morgan fingerprint density at radius 1 is 1.14 bits per heavy atom. The molecule has 1 unspecified atom stereocenters. The average Bonchev–Trinajstić information content (AvgIpc) is 2.83. The maximum absolute atomic E-state index is 13.7. The fraction of sp³-hybridized carbons (Fsp3) is 0.0667. The predicted molar refractivity (Wildman–Crippen MR) is 79.4 cm³/mol. The van der Waals surface area contributed by atoms with Crippen molar-refractivity contribution >= 4 is 26.9 Å². The fourth-order valence-electron chi connectivity index (χ4n) is 2.27. The molecule has 0 aliphatic heterocycles. The topological polar surface area (TPSA) is 51.2 Å². The molecular weight excluding hydrogens is 342 g/mol. The lowest BCUT2D eigenvalue weighted by atomic mass is 10.0. The number of furan rings is 1. The van der Waals surface area contributed by atoms with E-state index < -0.39 is 17.7 Å². The van der Waals surface area contributed by atoms with E-state index in [1.165, 1.54) is 18.2 Å². The Balaban J connectivity index is 2.11. The van der Waals surface area contributed by atoms with E-state index in [1.54, 1.807) is 24.3 Å². The normalized spacial score (nSPS) is 12.8. The standard InChI is InChI=1S/C15H11BrF2N2O/c16-10-4-9(5-11(17)7-10)14(20-19)13-6-8-2-1-3-12(18)15(8)21-13/h1-7,14,20H,19H2. The van der Waals surface area contributed by atoms with Gasteiger partial charge in [-0.1, -0.05) is 28.1 Å². The van der Waals surface area contributed by atoms with Crippen molar-refractivity contribution in [3.8, 4) is 0 Å². The Morgan fingerprint density at radius 2 is 1.95 bits per heavy atom. The Labute approximate surface area is 127 Å². The minimum Gasteiger partial charge on any atom is -0.456 e. The summed E-state index contributed by atoms with van der Waals surface area (Å²) in [6, 6.07) is 10.2. The van der Waals surface area contributed by atoms with Crippen molar-refractivity contribution in [2.75, 3.05) is 0 Å². The zero-order valence-corrected chi connectivity index (χ0v) is 12.3. The van der Waals surface area contributed by atoms with Crippen LogP contribution in [0.15, 0.2) is 51.4 Å². The van der Waals surface area contributed by atoms with Gasteiger partial charge in [0.05, 0.1) is 0 Å². The first-order chi connectivity index (χ1) is 10.1. The summed E-state index contributed by atoms with van der Waals surface area (Å²) in [6.07, 6.45) is 0. The quantitative estimate of drug-likeness (QED) is 0.552. The summed E-state index contributed by atoms with van der Waals surface area (Å²) in [5, 5.41) is 0.626. The molecule has 0 aliphatic carbocycles. The number of nitrogens with two attached hydrogens (primary N) is 1. The molecule has 3 rings (SSSR count). The molecule has 1 atom stereocenters. The number of nitrogens with one attached hydrogen (secondary N) is 1. The summed E-state index contributed by atoms with van der Waals surface area (Å²) >= 11 is 3.23. The van der Waals surface area contributed by atoms with Gasteiger partial charge in [-0.25, -0.2) is 14.2 Å². The maximum Gasteiger partial charge on any atom is 0.169 e. The van der Waals surface area contributed by atoms with Gasteiger partial charge in [0.1, 0.15) is 17.6 Å². The summed E-state index contributed by atoms with van der Waals surface area (Å²) in [5.74, 6) is 5.12. The number of para-hydroxylation sites is 1. The first-order valence-electron chi connectivity index (χ1n) is 6.18. The largest absolute Gasteiger partial charge is 0.456 e. The van der Waals surface area contributed by atoms with Crippen molar-refractivity contribution < 1.29 is 13.2 Å². The van der Waals surface area contributed by atoms with E-state index in [1.807, 2.05) is 0 Å². The van der Waals surface area contributed by atoms with Crippen molar-refractivity contribution in [2.45, 2.75) is 6.04 Å². The van der Waals surface area contributed by atoms with Crippen LogP contribution in [0.1, 0.15) is 17.4 Å². The molecule has 3 nitrogen and oxygen atoms in total. The van der Waals surface area contributed by atoms with Gasteiger partial charge >= 0.3 is 0 Å². The number of hydrogen-bond acceptors (Lipinski definition) is 3. The highest BCUT2D eigenvalue weighted by Crippen LogP contribution is 2.30. The lowest BCUT2D eigenvalue weighted by Gasteiger charge is -2.14. The molecular formula is C15H11BrF2N2O. The van der Waals surface area contributed by atoms with E-state index in [9.17, 15) is 8.78 Å². The van der Waals surface area contributed by atoms with E-state index in [4.69, 9.17) is 10.3 Å². The summed E-state index contributed by atoms with van der Waals surface area (Å²) < 4.78 is 33.3. The number of rotatable bonds is 3. The monoisotopic (exact) mass is 352 g/mol. The van der Waals surface area contributed by atoms with Crippen molar-refractivity contribution in [1.82, 2.24) is 5.43 Å². The van der Waals surface area contributed by atoms with Crippen LogP contribution in [0.3, 0.4) is 0 Å². The minimum atomic E-state index is -0.580. The lowest BCUT2D eigenvalue weighted by Crippen LogP contribution is -2.28. The van der Waals surface area contributed by atoms with Crippen LogP contribution < -0.4 is 11.3 Å². The third-order valence-corrected chi connectivity index (χ3v) is 3.64. The molecule has 21 heavy (non-hydrogen) atoms. The highest BCUT2D eigenvalue weighted by Gasteiger charge is 2.19. The molecule has 0 spiro atoms. The maximum atomic E-state index is 13.7. The van der Waals surface area contributed by atoms with Crippen LogP contribution >= 0.6 is 15.9 Å². The molecule has 0 radical (unpaired) electrons. The van der Waals surface area contributed by atoms with Crippen molar-refractivity contribution in [1.29, 1.82) is 0 Å².